The molecule has 7 nitrogen and oxygen atoms in total. The van der Waals surface area contributed by atoms with Crippen LogP contribution in [0.5, 0.6) is 0 Å². The molecule has 1 aliphatic rings. The summed E-state index contributed by atoms with van der Waals surface area (Å²) in [6.45, 7) is 1.46. The summed E-state index contributed by atoms with van der Waals surface area (Å²) in [5.41, 5.74) is 1.97. The lowest BCUT2D eigenvalue weighted by Gasteiger charge is -2.22. The van der Waals surface area contributed by atoms with Gasteiger partial charge in [-0.2, -0.15) is 0 Å². The third-order valence-corrected chi connectivity index (χ3v) is 4.86. The maximum absolute atomic E-state index is 12.7. The molecule has 7 heteroatoms. The normalized spacial score (nSPS) is 15.9. The zero-order valence-corrected chi connectivity index (χ0v) is 15.1. The van der Waals surface area contributed by atoms with E-state index < -0.39 is 0 Å². The number of nitrogens with one attached hydrogen (secondary N) is 1. The molecule has 1 aliphatic heterocycles. The van der Waals surface area contributed by atoms with Gasteiger partial charge in [-0.3, -0.25) is 9.78 Å². The van der Waals surface area contributed by atoms with E-state index in [0.29, 0.717) is 18.1 Å². The number of nitrogens with zero attached hydrogens (tertiary/aromatic N) is 5. The molecule has 3 heterocycles. The van der Waals surface area contributed by atoms with Gasteiger partial charge >= 0.3 is 0 Å². The quantitative estimate of drug-likeness (QED) is 0.681. The Hall–Kier alpha value is -3.09. The lowest BCUT2D eigenvalue weighted by Crippen LogP contribution is -2.34. The minimum Gasteiger partial charge on any atom is -0.355 e. The second-order valence-electron chi connectivity index (χ2n) is 6.70. The van der Waals surface area contributed by atoms with Gasteiger partial charge in [0.1, 0.15) is 11.5 Å². The average Bonchev–Trinajstić information content (AvgIpc) is 3.17. The van der Waals surface area contributed by atoms with Gasteiger partial charge in [0.15, 0.2) is 5.82 Å². The predicted octanol–water partition coefficient (Wildman–Crippen LogP) is 2.36. The summed E-state index contributed by atoms with van der Waals surface area (Å²) in [6, 6.07) is 10.3. The van der Waals surface area contributed by atoms with Crippen LogP contribution >= 0.6 is 0 Å². The smallest absolute Gasteiger partial charge is 0.230 e. The van der Waals surface area contributed by atoms with Crippen LogP contribution in [-0.2, 0) is 17.8 Å². The van der Waals surface area contributed by atoms with E-state index in [0.717, 1.165) is 38.1 Å². The molecule has 0 aliphatic carbocycles. The minimum atomic E-state index is -0.256. The number of aromatic nitrogens is 5. The number of carbonyl (C=O) groups excluding carboxylic acids is 1. The van der Waals surface area contributed by atoms with Gasteiger partial charge in [-0.25, -0.2) is 4.98 Å². The molecule has 0 radical (unpaired) electrons. The maximum atomic E-state index is 12.7. The molecule has 0 bridgehead atoms. The standard InChI is InChI=1S/C20H22N6O/c27-20(23-10-4-8-15-6-2-1-3-7-15)16-9-5-13-26-18(16)24-25-19(26)17-14-21-11-12-22-17/h1-3,6-7,11-12,14,16H,4-5,8-10,13H2,(H,23,27). The number of benzene rings is 1. The van der Waals surface area contributed by atoms with Gasteiger partial charge in [0.25, 0.3) is 0 Å². The summed E-state index contributed by atoms with van der Waals surface area (Å²) < 4.78 is 2.00. The average molecular weight is 362 g/mol. The molecule has 1 aromatic carbocycles. The number of fused-ring (bicyclic) bond motifs is 1. The molecular formula is C20H22N6O. The van der Waals surface area contributed by atoms with Gasteiger partial charge in [0, 0.05) is 25.5 Å². The van der Waals surface area contributed by atoms with Crippen LogP contribution in [-0.4, -0.2) is 37.2 Å². The first-order valence-electron chi connectivity index (χ1n) is 9.34. The third-order valence-electron chi connectivity index (χ3n) is 4.86. The van der Waals surface area contributed by atoms with E-state index >= 15 is 0 Å². The molecule has 138 valence electrons. The van der Waals surface area contributed by atoms with Crippen molar-refractivity contribution in [3.05, 3.63) is 60.3 Å². The second-order valence-corrected chi connectivity index (χ2v) is 6.70. The molecule has 4 rings (SSSR count). The highest BCUT2D eigenvalue weighted by Crippen LogP contribution is 2.29. The molecule has 2 aromatic heterocycles. The Bertz CT molecular complexity index is 893. The largest absolute Gasteiger partial charge is 0.355 e. The number of aryl methyl sites for hydroxylation is 1. The fraction of sp³-hybridized carbons (Fsp3) is 0.350. The van der Waals surface area contributed by atoms with Gasteiger partial charge in [-0.15, -0.1) is 10.2 Å². The van der Waals surface area contributed by atoms with E-state index in [2.05, 4.69) is 37.6 Å². The topological polar surface area (TPSA) is 85.6 Å². The summed E-state index contributed by atoms with van der Waals surface area (Å²) in [5, 5.41) is 11.6. The Morgan fingerprint density at radius 2 is 2.07 bits per heavy atom. The fourth-order valence-corrected chi connectivity index (χ4v) is 3.50. The zero-order chi connectivity index (χ0) is 18.5. The van der Waals surface area contributed by atoms with E-state index in [-0.39, 0.29) is 11.8 Å². The lowest BCUT2D eigenvalue weighted by atomic mass is 9.97. The summed E-state index contributed by atoms with van der Waals surface area (Å²) in [7, 11) is 0. The molecule has 0 fully saturated rings. The fourth-order valence-electron chi connectivity index (χ4n) is 3.50. The van der Waals surface area contributed by atoms with Crippen molar-refractivity contribution >= 4 is 5.91 Å². The highest BCUT2D eigenvalue weighted by molar-refractivity contribution is 5.83. The molecule has 1 N–H and O–H groups in total. The van der Waals surface area contributed by atoms with Crippen molar-refractivity contribution in [2.45, 2.75) is 38.1 Å². The maximum Gasteiger partial charge on any atom is 0.230 e. The Balaban J connectivity index is 1.39. The van der Waals surface area contributed by atoms with Crippen LogP contribution in [0.4, 0.5) is 0 Å². The Morgan fingerprint density at radius 1 is 1.19 bits per heavy atom. The van der Waals surface area contributed by atoms with Crippen LogP contribution in [0.15, 0.2) is 48.9 Å². The van der Waals surface area contributed by atoms with Gasteiger partial charge in [0.2, 0.25) is 5.91 Å². The Morgan fingerprint density at radius 3 is 2.89 bits per heavy atom. The van der Waals surface area contributed by atoms with Gasteiger partial charge in [-0.05, 0) is 31.2 Å². The first kappa shape index (κ1) is 17.3. The number of hydrogen-bond acceptors (Lipinski definition) is 5. The molecule has 0 spiro atoms. The molecule has 0 saturated carbocycles. The number of carbonyl (C=O) groups is 1. The highest BCUT2D eigenvalue weighted by Gasteiger charge is 2.31. The van der Waals surface area contributed by atoms with Crippen molar-refractivity contribution in [1.29, 1.82) is 0 Å². The second kappa shape index (κ2) is 8.07. The number of rotatable bonds is 6. The van der Waals surface area contributed by atoms with E-state index in [1.807, 2.05) is 22.8 Å². The predicted molar refractivity (Wildman–Crippen MR) is 101 cm³/mol. The lowest BCUT2D eigenvalue weighted by molar-refractivity contribution is -0.123. The van der Waals surface area contributed by atoms with E-state index in [1.165, 1.54) is 5.56 Å². The third kappa shape index (κ3) is 3.86. The summed E-state index contributed by atoms with van der Waals surface area (Å²) in [4.78, 5) is 21.1. The molecular weight excluding hydrogens is 340 g/mol. The van der Waals surface area contributed by atoms with Crippen molar-refractivity contribution in [1.82, 2.24) is 30.0 Å². The molecule has 0 saturated heterocycles. The van der Waals surface area contributed by atoms with E-state index in [1.54, 1.807) is 18.6 Å². The number of amides is 1. The molecule has 1 amide bonds. The van der Waals surface area contributed by atoms with Crippen LogP contribution in [0, 0.1) is 0 Å². The van der Waals surface area contributed by atoms with Gasteiger partial charge < -0.3 is 9.88 Å². The molecule has 27 heavy (non-hydrogen) atoms. The monoisotopic (exact) mass is 362 g/mol. The van der Waals surface area contributed by atoms with Crippen molar-refractivity contribution in [3.63, 3.8) is 0 Å². The van der Waals surface area contributed by atoms with Gasteiger partial charge in [-0.1, -0.05) is 30.3 Å². The van der Waals surface area contributed by atoms with Crippen LogP contribution in [0.3, 0.4) is 0 Å². The first-order chi connectivity index (χ1) is 13.3. The SMILES string of the molecule is O=C(NCCCc1ccccc1)C1CCCn2c(-c3cnccn3)nnc21. The van der Waals surface area contributed by atoms with Crippen LogP contribution < -0.4 is 5.32 Å². The zero-order valence-electron chi connectivity index (χ0n) is 15.1. The van der Waals surface area contributed by atoms with Crippen LogP contribution in [0.2, 0.25) is 0 Å². The first-order valence-corrected chi connectivity index (χ1v) is 9.34. The minimum absolute atomic E-state index is 0.0297. The highest BCUT2D eigenvalue weighted by atomic mass is 16.1. The summed E-state index contributed by atoms with van der Waals surface area (Å²) in [6.07, 6.45) is 8.52. The van der Waals surface area contributed by atoms with Crippen LogP contribution in [0.1, 0.15) is 36.6 Å². The van der Waals surface area contributed by atoms with Crippen molar-refractivity contribution < 1.29 is 4.79 Å². The van der Waals surface area contributed by atoms with Crippen molar-refractivity contribution in [2.75, 3.05) is 6.54 Å². The Kier molecular flexibility index (Phi) is 5.18. The van der Waals surface area contributed by atoms with Gasteiger partial charge in [0.05, 0.1) is 12.1 Å². The molecule has 1 unspecified atom stereocenters. The Labute approximate surface area is 157 Å². The van der Waals surface area contributed by atoms with Crippen molar-refractivity contribution in [3.8, 4) is 11.5 Å². The summed E-state index contributed by atoms with van der Waals surface area (Å²) >= 11 is 0. The molecule has 3 aromatic rings. The molecule has 1 atom stereocenters. The van der Waals surface area contributed by atoms with E-state index in [4.69, 9.17) is 0 Å². The van der Waals surface area contributed by atoms with E-state index in [9.17, 15) is 4.79 Å². The van der Waals surface area contributed by atoms with Crippen molar-refractivity contribution in [2.24, 2.45) is 0 Å². The van der Waals surface area contributed by atoms with Crippen LogP contribution in [0.25, 0.3) is 11.5 Å². The number of hydrogen-bond donors (Lipinski definition) is 1. The summed E-state index contributed by atoms with van der Waals surface area (Å²) in [5.74, 6) is 1.18.